The van der Waals surface area contributed by atoms with Crippen LogP contribution in [0.2, 0.25) is 0 Å². The maximum absolute atomic E-state index is 5.44. The average molecular weight is 444 g/mol. The van der Waals surface area contributed by atoms with Crippen molar-refractivity contribution in [3.63, 3.8) is 0 Å². The first kappa shape index (κ1) is 20.7. The minimum Gasteiger partial charge on any atom is -0.378 e. The molecule has 162 valence electrons. The smallest absolute Gasteiger partial charge is 0.133 e. The fraction of sp³-hybridized carbons (Fsp3) is 0.240. The molecule has 2 aromatic heterocycles. The minimum atomic E-state index is 0.723. The van der Waals surface area contributed by atoms with Crippen LogP contribution >= 0.6 is 11.8 Å². The Morgan fingerprint density at radius 3 is 2.41 bits per heavy atom. The van der Waals surface area contributed by atoms with Gasteiger partial charge in [0.1, 0.15) is 10.9 Å². The monoisotopic (exact) mass is 443 g/mol. The van der Waals surface area contributed by atoms with Crippen molar-refractivity contribution in [2.75, 3.05) is 31.2 Å². The van der Waals surface area contributed by atoms with Crippen LogP contribution < -0.4 is 4.90 Å². The quantitative estimate of drug-likeness (QED) is 0.397. The fourth-order valence-corrected chi connectivity index (χ4v) is 4.51. The highest BCUT2D eigenvalue weighted by Gasteiger charge is 2.11. The number of morpholine rings is 1. The Labute approximate surface area is 192 Å². The SMILES string of the molecule is c1cnn(Cc2ccc(Sc3ccnc(Cc4ccc(N5CCOCC5)cc4)n3)cc2)c1. The molecule has 32 heavy (non-hydrogen) atoms. The molecule has 7 heteroatoms. The second kappa shape index (κ2) is 9.97. The van der Waals surface area contributed by atoms with Gasteiger partial charge in [-0.1, -0.05) is 36.0 Å². The summed E-state index contributed by atoms with van der Waals surface area (Å²) in [5, 5.41) is 5.22. The van der Waals surface area contributed by atoms with E-state index in [1.165, 1.54) is 16.8 Å². The molecule has 2 aromatic carbocycles. The summed E-state index contributed by atoms with van der Waals surface area (Å²) in [5.74, 6) is 0.837. The molecular formula is C25H25N5OS. The van der Waals surface area contributed by atoms with Crippen molar-refractivity contribution in [2.24, 2.45) is 0 Å². The number of nitrogens with zero attached hydrogens (tertiary/aromatic N) is 5. The highest BCUT2D eigenvalue weighted by atomic mass is 32.2. The number of rotatable bonds is 7. The van der Waals surface area contributed by atoms with E-state index in [1.54, 1.807) is 18.0 Å². The van der Waals surface area contributed by atoms with Crippen LogP contribution in [0.4, 0.5) is 5.69 Å². The van der Waals surface area contributed by atoms with Gasteiger partial charge >= 0.3 is 0 Å². The first-order chi connectivity index (χ1) is 15.8. The molecule has 0 bridgehead atoms. The Bertz CT molecular complexity index is 1120. The molecule has 6 nitrogen and oxygen atoms in total. The lowest BCUT2D eigenvalue weighted by Gasteiger charge is -2.28. The largest absolute Gasteiger partial charge is 0.378 e. The van der Waals surface area contributed by atoms with E-state index in [0.717, 1.165) is 55.0 Å². The third kappa shape index (κ3) is 5.36. The molecule has 0 aliphatic carbocycles. The molecule has 0 unspecified atom stereocenters. The molecule has 1 fully saturated rings. The van der Waals surface area contributed by atoms with Crippen molar-refractivity contribution in [1.29, 1.82) is 0 Å². The summed E-state index contributed by atoms with van der Waals surface area (Å²) in [7, 11) is 0. The molecule has 3 heterocycles. The Morgan fingerprint density at radius 2 is 1.66 bits per heavy atom. The van der Waals surface area contributed by atoms with Crippen molar-refractivity contribution in [1.82, 2.24) is 19.7 Å². The molecule has 0 saturated carbocycles. The van der Waals surface area contributed by atoms with Crippen LogP contribution in [0.3, 0.4) is 0 Å². The molecule has 1 aliphatic heterocycles. The van der Waals surface area contributed by atoms with Gasteiger partial charge in [-0.3, -0.25) is 4.68 Å². The molecule has 1 saturated heterocycles. The van der Waals surface area contributed by atoms with E-state index < -0.39 is 0 Å². The predicted molar refractivity (Wildman–Crippen MR) is 126 cm³/mol. The highest BCUT2D eigenvalue weighted by molar-refractivity contribution is 7.99. The van der Waals surface area contributed by atoms with E-state index in [0.29, 0.717) is 0 Å². The van der Waals surface area contributed by atoms with E-state index in [4.69, 9.17) is 9.72 Å². The van der Waals surface area contributed by atoms with Gasteiger partial charge in [0.05, 0.1) is 19.8 Å². The van der Waals surface area contributed by atoms with E-state index >= 15 is 0 Å². The van der Waals surface area contributed by atoms with Crippen LogP contribution in [0.1, 0.15) is 17.0 Å². The molecule has 5 rings (SSSR count). The topological polar surface area (TPSA) is 56.1 Å². The molecule has 0 spiro atoms. The van der Waals surface area contributed by atoms with Gasteiger partial charge < -0.3 is 9.64 Å². The van der Waals surface area contributed by atoms with Crippen molar-refractivity contribution < 1.29 is 4.74 Å². The zero-order valence-corrected chi connectivity index (χ0v) is 18.6. The van der Waals surface area contributed by atoms with E-state index in [9.17, 15) is 0 Å². The van der Waals surface area contributed by atoms with E-state index in [1.807, 2.05) is 29.2 Å². The zero-order valence-electron chi connectivity index (χ0n) is 17.8. The van der Waals surface area contributed by atoms with Gasteiger partial charge in [0.15, 0.2) is 0 Å². The lowest BCUT2D eigenvalue weighted by molar-refractivity contribution is 0.122. The summed E-state index contributed by atoms with van der Waals surface area (Å²) in [6, 6.07) is 21.2. The summed E-state index contributed by atoms with van der Waals surface area (Å²) < 4.78 is 7.36. The number of ether oxygens (including phenoxy) is 1. The van der Waals surface area contributed by atoms with Crippen LogP contribution in [-0.4, -0.2) is 46.1 Å². The summed E-state index contributed by atoms with van der Waals surface area (Å²) >= 11 is 1.66. The normalized spacial score (nSPS) is 13.9. The molecule has 4 aromatic rings. The Kier molecular flexibility index (Phi) is 6.46. The van der Waals surface area contributed by atoms with Crippen LogP contribution in [-0.2, 0) is 17.7 Å². The van der Waals surface area contributed by atoms with Gasteiger partial charge in [-0.15, -0.1) is 0 Å². The number of hydrogen-bond donors (Lipinski definition) is 0. The second-order valence-corrected chi connectivity index (χ2v) is 8.80. The van der Waals surface area contributed by atoms with Crippen LogP contribution in [0, 0.1) is 0 Å². The van der Waals surface area contributed by atoms with Gasteiger partial charge in [0.25, 0.3) is 0 Å². The molecule has 0 N–H and O–H groups in total. The summed E-state index contributed by atoms with van der Waals surface area (Å²) in [6.45, 7) is 4.28. The Morgan fingerprint density at radius 1 is 0.875 bits per heavy atom. The molecule has 1 aliphatic rings. The summed E-state index contributed by atoms with van der Waals surface area (Å²) in [4.78, 5) is 12.8. The Hall–Kier alpha value is -3.16. The molecule has 0 radical (unpaired) electrons. The number of aromatic nitrogens is 4. The number of benzene rings is 2. The van der Waals surface area contributed by atoms with E-state index in [-0.39, 0.29) is 0 Å². The van der Waals surface area contributed by atoms with Gasteiger partial charge in [-0.2, -0.15) is 5.10 Å². The van der Waals surface area contributed by atoms with Gasteiger partial charge in [-0.25, -0.2) is 9.97 Å². The van der Waals surface area contributed by atoms with Crippen molar-refractivity contribution in [2.45, 2.75) is 22.9 Å². The van der Waals surface area contributed by atoms with Crippen LogP contribution in [0.5, 0.6) is 0 Å². The lowest BCUT2D eigenvalue weighted by atomic mass is 10.1. The summed E-state index contributed by atoms with van der Waals surface area (Å²) in [6.07, 6.45) is 6.34. The predicted octanol–water partition coefficient (Wildman–Crippen LogP) is 4.30. The lowest BCUT2D eigenvalue weighted by Crippen LogP contribution is -2.36. The summed E-state index contributed by atoms with van der Waals surface area (Å²) in [5.41, 5.74) is 3.69. The highest BCUT2D eigenvalue weighted by Crippen LogP contribution is 2.26. The maximum Gasteiger partial charge on any atom is 0.133 e. The molecular weight excluding hydrogens is 418 g/mol. The van der Waals surface area contributed by atoms with Gasteiger partial charge in [0, 0.05) is 48.7 Å². The first-order valence-corrected chi connectivity index (χ1v) is 11.6. The number of hydrogen-bond acceptors (Lipinski definition) is 6. The van der Waals surface area contributed by atoms with Crippen molar-refractivity contribution >= 4 is 17.4 Å². The third-order valence-electron chi connectivity index (χ3n) is 5.40. The number of anilines is 1. The standard InChI is InChI=1S/C25H25N5OS/c1-11-27-30(13-1)19-21-4-8-23(9-5-21)32-25-10-12-26-24(28-25)18-20-2-6-22(7-3-20)29-14-16-31-17-15-29/h1-13H,14-19H2. The Balaban J connectivity index is 1.21. The fourth-order valence-electron chi connectivity index (χ4n) is 3.72. The van der Waals surface area contributed by atoms with Gasteiger partial charge in [0.2, 0.25) is 0 Å². The second-order valence-electron chi connectivity index (χ2n) is 7.70. The first-order valence-electron chi connectivity index (χ1n) is 10.8. The zero-order chi connectivity index (χ0) is 21.6. The van der Waals surface area contributed by atoms with E-state index in [2.05, 4.69) is 63.5 Å². The van der Waals surface area contributed by atoms with Crippen LogP contribution in [0.25, 0.3) is 0 Å². The maximum atomic E-state index is 5.44. The van der Waals surface area contributed by atoms with Crippen molar-refractivity contribution in [3.8, 4) is 0 Å². The average Bonchev–Trinajstić information content (AvgIpc) is 3.35. The molecule has 0 amide bonds. The van der Waals surface area contributed by atoms with Crippen LogP contribution in [0.15, 0.2) is 89.2 Å². The molecule has 0 atom stereocenters. The van der Waals surface area contributed by atoms with Crippen molar-refractivity contribution in [3.05, 3.63) is 96.2 Å². The third-order valence-corrected chi connectivity index (χ3v) is 6.35. The minimum absolute atomic E-state index is 0.723. The van der Waals surface area contributed by atoms with Gasteiger partial charge in [-0.05, 0) is 47.5 Å².